The predicted molar refractivity (Wildman–Crippen MR) is 97.8 cm³/mol. The lowest BCUT2D eigenvalue weighted by Gasteiger charge is -2.26. The molecule has 136 valence electrons. The minimum Gasteiger partial charge on any atom is -0.479 e. The van der Waals surface area contributed by atoms with Crippen LogP contribution < -0.4 is 10.1 Å². The average molecular weight is 353 g/mol. The van der Waals surface area contributed by atoms with Crippen molar-refractivity contribution in [1.29, 1.82) is 0 Å². The van der Waals surface area contributed by atoms with Gasteiger partial charge >= 0.3 is 5.97 Å². The number of esters is 1. The van der Waals surface area contributed by atoms with Crippen molar-refractivity contribution < 1.29 is 19.1 Å². The number of carbonyl (C=O) groups excluding carboxylic acids is 2. The highest BCUT2D eigenvalue weighted by molar-refractivity contribution is 5.82. The lowest BCUT2D eigenvalue weighted by atomic mass is 9.88. The van der Waals surface area contributed by atoms with Crippen molar-refractivity contribution in [2.75, 3.05) is 6.61 Å². The van der Waals surface area contributed by atoms with Gasteiger partial charge in [-0.25, -0.2) is 4.79 Å². The Morgan fingerprint density at radius 3 is 2.65 bits per heavy atom. The van der Waals surface area contributed by atoms with Gasteiger partial charge in [0.2, 0.25) is 0 Å². The molecule has 0 heterocycles. The van der Waals surface area contributed by atoms with Gasteiger partial charge in [-0.2, -0.15) is 0 Å². The van der Waals surface area contributed by atoms with Crippen LogP contribution in [0.4, 0.5) is 0 Å². The Hall–Kier alpha value is -2.82. The summed E-state index contributed by atoms with van der Waals surface area (Å²) in [5.41, 5.74) is 2.42. The zero-order chi connectivity index (χ0) is 18.4. The molecule has 1 amide bonds. The fourth-order valence-corrected chi connectivity index (χ4v) is 3.15. The van der Waals surface area contributed by atoms with Gasteiger partial charge in [0.1, 0.15) is 5.75 Å². The molecule has 5 heteroatoms. The Morgan fingerprint density at radius 1 is 1.12 bits per heavy atom. The first-order valence-corrected chi connectivity index (χ1v) is 8.89. The summed E-state index contributed by atoms with van der Waals surface area (Å²) in [5.74, 6) is -0.278. The summed E-state index contributed by atoms with van der Waals surface area (Å²) in [6.45, 7) is 1.30. The second-order valence-electron chi connectivity index (χ2n) is 6.39. The van der Waals surface area contributed by atoms with Crippen LogP contribution in [0.1, 0.15) is 36.9 Å². The van der Waals surface area contributed by atoms with Crippen LogP contribution in [-0.2, 0) is 20.7 Å². The second kappa shape index (κ2) is 8.52. The minimum absolute atomic E-state index is 0.0239. The molecule has 0 fully saturated rings. The molecule has 0 aliphatic heterocycles. The molecule has 0 saturated heterocycles. The summed E-state index contributed by atoms with van der Waals surface area (Å²) in [4.78, 5) is 24.2. The number of amides is 1. The van der Waals surface area contributed by atoms with E-state index < -0.39 is 12.1 Å². The zero-order valence-electron chi connectivity index (χ0n) is 14.8. The minimum atomic E-state index is -0.777. The molecule has 1 N–H and O–H groups in total. The quantitative estimate of drug-likeness (QED) is 0.810. The van der Waals surface area contributed by atoms with Crippen molar-refractivity contribution in [3.8, 4) is 5.75 Å². The molecule has 26 heavy (non-hydrogen) atoms. The molecule has 1 aliphatic rings. The molecule has 0 saturated carbocycles. The first-order valence-electron chi connectivity index (χ1n) is 8.89. The third-order valence-corrected chi connectivity index (χ3v) is 4.44. The Bertz CT molecular complexity index is 760. The number of fused-ring (bicyclic) bond motifs is 1. The smallest absolute Gasteiger partial charge is 0.347 e. The van der Waals surface area contributed by atoms with E-state index in [-0.39, 0.29) is 18.6 Å². The van der Waals surface area contributed by atoms with Crippen LogP contribution in [0.5, 0.6) is 5.75 Å². The summed E-state index contributed by atoms with van der Waals surface area (Å²) >= 11 is 0. The number of benzene rings is 2. The van der Waals surface area contributed by atoms with E-state index in [1.807, 2.05) is 36.4 Å². The average Bonchev–Trinajstić information content (AvgIpc) is 2.67. The monoisotopic (exact) mass is 353 g/mol. The van der Waals surface area contributed by atoms with E-state index in [0.29, 0.717) is 5.75 Å². The molecule has 2 atom stereocenters. The topological polar surface area (TPSA) is 64.6 Å². The van der Waals surface area contributed by atoms with Crippen molar-refractivity contribution in [2.45, 2.75) is 38.3 Å². The van der Waals surface area contributed by atoms with Crippen molar-refractivity contribution in [3.05, 3.63) is 65.7 Å². The molecule has 0 unspecified atom stereocenters. The lowest BCUT2D eigenvalue weighted by molar-refractivity contribution is -0.154. The van der Waals surface area contributed by atoms with Crippen LogP contribution in [0.3, 0.4) is 0 Å². The van der Waals surface area contributed by atoms with Crippen LogP contribution >= 0.6 is 0 Å². The molecular formula is C21H23NO4. The van der Waals surface area contributed by atoms with Crippen LogP contribution in [-0.4, -0.2) is 24.6 Å². The van der Waals surface area contributed by atoms with E-state index >= 15 is 0 Å². The first-order chi connectivity index (χ1) is 12.6. The molecule has 2 aromatic rings. The summed E-state index contributed by atoms with van der Waals surface area (Å²) in [6, 6.07) is 17.1. The SMILES string of the molecule is C[C@@H](Oc1ccccc1)C(=O)OCC(=O)N[C@H]1CCCc2ccccc21. The van der Waals surface area contributed by atoms with Gasteiger partial charge in [-0.15, -0.1) is 0 Å². The van der Waals surface area contributed by atoms with Gasteiger partial charge in [0.15, 0.2) is 12.7 Å². The van der Waals surface area contributed by atoms with Gasteiger partial charge in [-0.3, -0.25) is 4.79 Å². The molecule has 2 aromatic carbocycles. The number of aryl methyl sites for hydroxylation is 1. The Labute approximate surface area is 153 Å². The Morgan fingerprint density at radius 2 is 1.85 bits per heavy atom. The van der Waals surface area contributed by atoms with E-state index in [1.54, 1.807) is 19.1 Å². The standard InChI is InChI=1S/C21H23NO4/c1-15(26-17-10-3-2-4-11-17)21(24)25-14-20(23)22-19-13-7-9-16-8-5-6-12-18(16)19/h2-6,8,10-12,15,19H,7,9,13-14H2,1H3,(H,22,23)/t15-,19+/m1/s1. The molecule has 3 rings (SSSR count). The third-order valence-electron chi connectivity index (χ3n) is 4.44. The molecule has 0 spiro atoms. The van der Waals surface area contributed by atoms with E-state index in [4.69, 9.17) is 9.47 Å². The summed E-state index contributed by atoms with van der Waals surface area (Å²) in [5, 5.41) is 2.96. The molecular weight excluding hydrogens is 330 g/mol. The normalized spacial score (nSPS) is 16.9. The van der Waals surface area contributed by atoms with Crippen molar-refractivity contribution >= 4 is 11.9 Å². The Balaban J connectivity index is 1.48. The maximum Gasteiger partial charge on any atom is 0.347 e. The van der Waals surface area contributed by atoms with Gasteiger partial charge in [0.25, 0.3) is 5.91 Å². The highest BCUT2D eigenvalue weighted by Crippen LogP contribution is 2.29. The van der Waals surface area contributed by atoms with E-state index in [9.17, 15) is 9.59 Å². The van der Waals surface area contributed by atoms with E-state index in [2.05, 4.69) is 11.4 Å². The zero-order valence-corrected chi connectivity index (χ0v) is 14.8. The molecule has 0 aromatic heterocycles. The highest BCUT2D eigenvalue weighted by atomic mass is 16.6. The van der Waals surface area contributed by atoms with Gasteiger partial charge in [-0.05, 0) is 49.4 Å². The van der Waals surface area contributed by atoms with Crippen LogP contribution in [0.15, 0.2) is 54.6 Å². The van der Waals surface area contributed by atoms with Crippen molar-refractivity contribution in [2.24, 2.45) is 0 Å². The van der Waals surface area contributed by atoms with Crippen LogP contribution in [0.25, 0.3) is 0 Å². The van der Waals surface area contributed by atoms with Crippen LogP contribution in [0.2, 0.25) is 0 Å². The van der Waals surface area contributed by atoms with Gasteiger partial charge in [-0.1, -0.05) is 42.5 Å². The number of rotatable bonds is 6. The predicted octanol–water partition coefficient (Wildman–Crippen LogP) is 3.19. The second-order valence-corrected chi connectivity index (χ2v) is 6.39. The fraction of sp³-hybridized carbons (Fsp3) is 0.333. The van der Waals surface area contributed by atoms with Crippen molar-refractivity contribution in [3.63, 3.8) is 0 Å². The summed E-state index contributed by atoms with van der Waals surface area (Å²) in [6.07, 6.45) is 2.18. The highest BCUT2D eigenvalue weighted by Gasteiger charge is 2.23. The number of nitrogens with one attached hydrogen (secondary N) is 1. The van der Waals surface area contributed by atoms with Gasteiger partial charge in [0, 0.05) is 0 Å². The largest absolute Gasteiger partial charge is 0.479 e. The maximum absolute atomic E-state index is 12.2. The number of hydrogen-bond donors (Lipinski definition) is 1. The molecule has 5 nitrogen and oxygen atoms in total. The number of para-hydroxylation sites is 1. The summed E-state index contributed by atoms with van der Waals surface area (Å²) in [7, 11) is 0. The summed E-state index contributed by atoms with van der Waals surface area (Å²) < 4.78 is 10.6. The maximum atomic E-state index is 12.2. The molecule has 0 radical (unpaired) electrons. The third kappa shape index (κ3) is 4.63. The van der Waals surface area contributed by atoms with Gasteiger partial charge in [0.05, 0.1) is 6.04 Å². The molecule has 0 bridgehead atoms. The first kappa shape index (κ1) is 18.0. The lowest BCUT2D eigenvalue weighted by Crippen LogP contribution is -2.36. The number of hydrogen-bond acceptors (Lipinski definition) is 4. The van der Waals surface area contributed by atoms with Crippen LogP contribution in [0, 0.1) is 0 Å². The van der Waals surface area contributed by atoms with Gasteiger partial charge < -0.3 is 14.8 Å². The van der Waals surface area contributed by atoms with Crippen molar-refractivity contribution in [1.82, 2.24) is 5.32 Å². The number of carbonyl (C=O) groups is 2. The Kier molecular flexibility index (Phi) is 5.89. The van der Waals surface area contributed by atoms with E-state index in [1.165, 1.54) is 5.56 Å². The number of ether oxygens (including phenoxy) is 2. The fourth-order valence-electron chi connectivity index (χ4n) is 3.15. The van der Waals surface area contributed by atoms with E-state index in [0.717, 1.165) is 24.8 Å². The molecule has 1 aliphatic carbocycles.